The van der Waals surface area contributed by atoms with E-state index in [0.717, 1.165) is 36.2 Å². The number of hydrogen-bond acceptors (Lipinski definition) is 1. The zero-order chi connectivity index (χ0) is 22.7. The van der Waals surface area contributed by atoms with Crippen LogP contribution in [-0.2, 0) is 0 Å². The summed E-state index contributed by atoms with van der Waals surface area (Å²) >= 11 is 0. The molecule has 0 aromatic heterocycles. The minimum Gasteiger partial charge on any atom is -0.406 e. The molecule has 0 N–H and O–H groups in total. The summed E-state index contributed by atoms with van der Waals surface area (Å²) in [4.78, 5) is 0. The normalized spacial score (nSPS) is 25.9. The van der Waals surface area contributed by atoms with Crippen molar-refractivity contribution in [3.05, 3.63) is 53.8 Å². The molecule has 4 rings (SSSR count). The second-order valence-electron chi connectivity index (χ2n) is 9.66. The molecular formula is C27H32F4O. The predicted octanol–water partition coefficient (Wildman–Crippen LogP) is 8.88. The SMILES string of the molecule is CCCCC1CCC2CC(c3ccc(-c4ccc(OC(F)(F)F)cc4)c(F)c3)CCC2C1. The Morgan fingerprint density at radius 3 is 2.31 bits per heavy atom. The summed E-state index contributed by atoms with van der Waals surface area (Å²) in [6, 6.07) is 10.7. The van der Waals surface area contributed by atoms with Crippen molar-refractivity contribution in [3.63, 3.8) is 0 Å². The van der Waals surface area contributed by atoms with Gasteiger partial charge in [-0.3, -0.25) is 0 Å². The Morgan fingerprint density at radius 1 is 0.906 bits per heavy atom. The number of alkyl halides is 3. The van der Waals surface area contributed by atoms with Crippen molar-refractivity contribution < 1.29 is 22.3 Å². The summed E-state index contributed by atoms with van der Waals surface area (Å²) in [7, 11) is 0. The third-order valence-corrected chi connectivity index (χ3v) is 7.55. The lowest BCUT2D eigenvalue weighted by molar-refractivity contribution is -0.274. The van der Waals surface area contributed by atoms with Crippen LogP contribution in [0.5, 0.6) is 5.75 Å². The van der Waals surface area contributed by atoms with E-state index in [4.69, 9.17) is 0 Å². The Bertz CT molecular complexity index is 890. The largest absolute Gasteiger partial charge is 0.573 e. The van der Waals surface area contributed by atoms with Gasteiger partial charge >= 0.3 is 6.36 Å². The summed E-state index contributed by atoms with van der Waals surface area (Å²) in [5.74, 6) is 2.27. The first-order valence-electron chi connectivity index (χ1n) is 12.0. The first kappa shape index (κ1) is 23.1. The minimum atomic E-state index is -4.73. The van der Waals surface area contributed by atoms with Crippen LogP contribution < -0.4 is 4.74 Å². The number of rotatable bonds is 6. The Morgan fingerprint density at radius 2 is 1.62 bits per heavy atom. The fraction of sp³-hybridized carbons (Fsp3) is 0.556. The van der Waals surface area contributed by atoms with Crippen LogP contribution in [0.3, 0.4) is 0 Å². The van der Waals surface area contributed by atoms with Crippen LogP contribution in [0.2, 0.25) is 0 Å². The molecule has 4 atom stereocenters. The van der Waals surface area contributed by atoms with Gasteiger partial charge in [0.15, 0.2) is 0 Å². The van der Waals surface area contributed by atoms with Gasteiger partial charge in [-0.25, -0.2) is 4.39 Å². The Kier molecular flexibility index (Phi) is 7.11. The quantitative estimate of drug-likeness (QED) is 0.401. The van der Waals surface area contributed by atoms with Gasteiger partial charge in [-0.05, 0) is 85.1 Å². The highest BCUT2D eigenvalue weighted by Gasteiger charge is 2.36. The number of hydrogen-bond donors (Lipinski definition) is 0. The van der Waals surface area contributed by atoms with Gasteiger partial charge in [-0.15, -0.1) is 13.2 Å². The Labute approximate surface area is 188 Å². The summed E-state index contributed by atoms with van der Waals surface area (Å²) in [5.41, 5.74) is 1.99. The lowest BCUT2D eigenvalue weighted by Crippen LogP contribution is -2.30. The average Bonchev–Trinajstić information content (AvgIpc) is 2.77. The molecule has 5 heteroatoms. The molecule has 174 valence electrons. The van der Waals surface area contributed by atoms with Crippen molar-refractivity contribution in [2.45, 2.75) is 77.0 Å². The highest BCUT2D eigenvalue weighted by Crippen LogP contribution is 2.48. The van der Waals surface area contributed by atoms with Gasteiger partial charge in [-0.2, -0.15) is 0 Å². The van der Waals surface area contributed by atoms with Crippen molar-refractivity contribution in [2.24, 2.45) is 17.8 Å². The van der Waals surface area contributed by atoms with E-state index in [1.165, 1.54) is 69.2 Å². The van der Waals surface area contributed by atoms with Crippen molar-refractivity contribution in [1.82, 2.24) is 0 Å². The molecule has 2 aromatic rings. The van der Waals surface area contributed by atoms with E-state index in [1.807, 2.05) is 6.07 Å². The molecule has 2 saturated carbocycles. The predicted molar refractivity (Wildman–Crippen MR) is 119 cm³/mol. The molecule has 2 aromatic carbocycles. The van der Waals surface area contributed by atoms with Crippen molar-refractivity contribution in [3.8, 4) is 16.9 Å². The second-order valence-corrected chi connectivity index (χ2v) is 9.66. The van der Waals surface area contributed by atoms with Gasteiger partial charge in [0.05, 0.1) is 0 Å². The van der Waals surface area contributed by atoms with Crippen LogP contribution >= 0.6 is 0 Å². The molecule has 0 radical (unpaired) electrons. The van der Waals surface area contributed by atoms with Gasteiger partial charge in [0.1, 0.15) is 11.6 Å². The zero-order valence-corrected chi connectivity index (χ0v) is 18.6. The highest BCUT2D eigenvalue weighted by molar-refractivity contribution is 5.65. The van der Waals surface area contributed by atoms with Crippen LogP contribution in [0.25, 0.3) is 11.1 Å². The lowest BCUT2D eigenvalue weighted by atomic mass is 9.63. The smallest absolute Gasteiger partial charge is 0.406 e. The first-order chi connectivity index (χ1) is 15.3. The summed E-state index contributed by atoms with van der Waals surface area (Å²) in [5, 5.41) is 0. The molecule has 32 heavy (non-hydrogen) atoms. The van der Waals surface area contributed by atoms with E-state index >= 15 is 0 Å². The Hall–Kier alpha value is -2.04. The third kappa shape index (κ3) is 5.65. The van der Waals surface area contributed by atoms with Crippen molar-refractivity contribution in [2.75, 3.05) is 0 Å². The molecule has 0 heterocycles. The van der Waals surface area contributed by atoms with Crippen LogP contribution in [0, 0.1) is 23.6 Å². The summed E-state index contributed by atoms with van der Waals surface area (Å²) in [6.07, 6.45) is 6.78. The molecule has 0 aliphatic heterocycles. The number of halogens is 4. The molecule has 2 aliphatic carbocycles. The van der Waals surface area contributed by atoms with Crippen LogP contribution in [-0.4, -0.2) is 6.36 Å². The van der Waals surface area contributed by atoms with Crippen molar-refractivity contribution >= 4 is 0 Å². The zero-order valence-electron chi connectivity index (χ0n) is 18.6. The minimum absolute atomic E-state index is 0.306. The van der Waals surface area contributed by atoms with Gasteiger partial charge in [-0.1, -0.05) is 56.9 Å². The van der Waals surface area contributed by atoms with Crippen LogP contribution in [0.4, 0.5) is 17.6 Å². The molecule has 0 spiro atoms. The van der Waals surface area contributed by atoms with E-state index in [2.05, 4.69) is 11.7 Å². The average molecular weight is 449 g/mol. The molecule has 0 saturated heterocycles. The van der Waals surface area contributed by atoms with Crippen LogP contribution in [0.1, 0.15) is 76.2 Å². The summed E-state index contributed by atoms with van der Waals surface area (Å²) in [6.45, 7) is 2.26. The first-order valence-corrected chi connectivity index (χ1v) is 12.0. The monoisotopic (exact) mass is 448 g/mol. The highest BCUT2D eigenvalue weighted by atomic mass is 19.4. The molecule has 2 fully saturated rings. The maximum Gasteiger partial charge on any atom is 0.573 e. The molecule has 4 unspecified atom stereocenters. The number of ether oxygens (including phenoxy) is 1. The number of unbranched alkanes of at least 4 members (excludes halogenated alkanes) is 1. The second kappa shape index (κ2) is 9.84. The van der Waals surface area contributed by atoms with Crippen LogP contribution in [0.15, 0.2) is 42.5 Å². The maximum atomic E-state index is 15.0. The van der Waals surface area contributed by atoms with Gasteiger partial charge in [0.2, 0.25) is 0 Å². The Balaban J connectivity index is 1.40. The van der Waals surface area contributed by atoms with E-state index in [-0.39, 0.29) is 11.6 Å². The molecular weight excluding hydrogens is 416 g/mol. The summed E-state index contributed by atoms with van der Waals surface area (Å²) < 4.78 is 55.9. The van der Waals surface area contributed by atoms with Crippen molar-refractivity contribution in [1.29, 1.82) is 0 Å². The molecule has 0 bridgehead atoms. The molecule has 1 nitrogen and oxygen atoms in total. The van der Waals surface area contributed by atoms with E-state index in [0.29, 0.717) is 17.0 Å². The van der Waals surface area contributed by atoms with E-state index < -0.39 is 6.36 Å². The number of benzene rings is 2. The fourth-order valence-corrected chi connectivity index (χ4v) is 5.90. The standard InChI is InChI=1S/C27H32F4O/c1-2-3-4-18-5-6-21-16-22(8-7-20(21)15-18)23-11-14-25(26(28)17-23)19-9-12-24(13-10-19)32-27(29,30)31/h9-14,17-18,20-22H,2-8,15-16H2,1H3. The third-order valence-electron chi connectivity index (χ3n) is 7.55. The topological polar surface area (TPSA) is 9.23 Å². The van der Waals surface area contributed by atoms with E-state index in [1.54, 1.807) is 12.1 Å². The van der Waals surface area contributed by atoms with Gasteiger partial charge < -0.3 is 4.74 Å². The van der Waals surface area contributed by atoms with Gasteiger partial charge in [0.25, 0.3) is 0 Å². The maximum absolute atomic E-state index is 15.0. The molecule has 2 aliphatic rings. The fourth-order valence-electron chi connectivity index (χ4n) is 5.90. The number of fused-ring (bicyclic) bond motifs is 1. The van der Waals surface area contributed by atoms with Gasteiger partial charge in [0, 0.05) is 5.56 Å². The van der Waals surface area contributed by atoms with E-state index in [9.17, 15) is 17.6 Å². The lowest BCUT2D eigenvalue weighted by Gasteiger charge is -2.42. The molecule has 0 amide bonds.